The number of fused-ring (bicyclic) bond motifs is 1. The molecule has 0 saturated carbocycles. The first kappa shape index (κ1) is 11.8. The van der Waals surface area contributed by atoms with Gasteiger partial charge in [-0.1, -0.05) is 0 Å². The van der Waals surface area contributed by atoms with Gasteiger partial charge in [-0.2, -0.15) is 0 Å². The number of ether oxygens (including phenoxy) is 1. The zero-order valence-corrected chi connectivity index (χ0v) is 10.7. The van der Waals surface area contributed by atoms with E-state index >= 15 is 0 Å². The van der Waals surface area contributed by atoms with Gasteiger partial charge in [0.25, 0.3) is 5.91 Å². The fraction of sp³-hybridized carbons (Fsp3) is 0.214. The van der Waals surface area contributed by atoms with Crippen molar-refractivity contribution in [2.75, 3.05) is 12.4 Å². The molecule has 1 aromatic carbocycles. The molecule has 1 atom stereocenters. The number of benzene rings is 1. The van der Waals surface area contributed by atoms with Gasteiger partial charge in [-0.25, -0.2) is 0 Å². The third-order valence-electron chi connectivity index (χ3n) is 3.51. The van der Waals surface area contributed by atoms with E-state index in [1.165, 1.54) is 0 Å². The van der Waals surface area contributed by atoms with Crippen molar-refractivity contribution in [3.05, 3.63) is 47.8 Å². The zero-order chi connectivity index (χ0) is 13.6. The van der Waals surface area contributed by atoms with Crippen LogP contribution in [0.4, 0.5) is 5.69 Å². The van der Waals surface area contributed by atoms with E-state index in [-0.39, 0.29) is 0 Å². The van der Waals surface area contributed by atoms with Crippen molar-refractivity contribution < 1.29 is 14.6 Å². The average Bonchev–Trinajstić information content (AvgIpc) is 2.93. The fourth-order valence-corrected chi connectivity index (χ4v) is 2.49. The molecule has 0 aliphatic carbocycles. The minimum Gasteiger partial charge on any atom is -0.497 e. The van der Waals surface area contributed by atoms with Gasteiger partial charge < -0.3 is 19.7 Å². The second kappa shape index (κ2) is 3.86. The summed E-state index contributed by atoms with van der Waals surface area (Å²) < 4.78 is 6.89. The van der Waals surface area contributed by atoms with E-state index in [1.807, 2.05) is 0 Å². The smallest absolute Gasteiger partial charge is 0.267 e. The van der Waals surface area contributed by atoms with E-state index in [0.717, 1.165) is 0 Å². The molecule has 1 aliphatic rings. The summed E-state index contributed by atoms with van der Waals surface area (Å²) in [5.41, 5.74) is -0.0348. The van der Waals surface area contributed by atoms with Gasteiger partial charge in [-0.05, 0) is 30.3 Å². The van der Waals surface area contributed by atoms with Crippen LogP contribution in [0.3, 0.4) is 0 Å². The van der Waals surface area contributed by atoms with Gasteiger partial charge in [0.2, 0.25) is 5.60 Å². The van der Waals surface area contributed by atoms with Crippen molar-refractivity contribution >= 4 is 11.6 Å². The Labute approximate surface area is 110 Å². The summed E-state index contributed by atoms with van der Waals surface area (Å²) in [6, 6.07) is 8.68. The number of aryl methyl sites for hydroxylation is 1. The number of anilines is 1. The lowest BCUT2D eigenvalue weighted by atomic mass is 9.91. The average molecular weight is 258 g/mol. The monoisotopic (exact) mass is 258 g/mol. The molecule has 19 heavy (non-hydrogen) atoms. The molecule has 2 N–H and O–H groups in total. The molecule has 1 aliphatic heterocycles. The first-order valence-corrected chi connectivity index (χ1v) is 5.91. The molecule has 3 rings (SSSR count). The summed E-state index contributed by atoms with van der Waals surface area (Å²) in [6.07, 6.45) is 1.79. The quantitative estimate of drug-likeness (QED) is 0.851. The van der Waals surface area contributed by atoms with E-state index in [2.05, 4.69) is 5.32 Å². The Balaban J connectivity index is 2.24. The predicted octanol–water partition coefficient (Wildman–Crippen LogP) is 1.22. The van der Waals surface area contributed by atoms with Gasteiger partial charge >= 0.3 is 0 Å². The van der Waals surface area contributed by atoms with E-state index in [4.69, 9.17) is 4.74 Å². The van der Waals surface area contributed by atoms with Crippen LogP contribution in [0.25, 0.3) is 0 Å². The molecule has 5 heteroatoms. The molecule has 1 amide bonds. The molecule has 98 valence electrons. The Hall–Kier alpha value is -2.27. The number of methoxy groups -OCH3 is 1. The highest BCUT2D eigenvalue weighted by Gasteiger charge is 2.48. The van der Waals surface area contributed by atoms with E-state index in [1.54, 1.807) is 55.3 Å². The summed E-state index contributed by atoms with van der Waals surface area (Å²) in [6.45, 7) is 0. The molecule has 0 radical (unpaired) electrons. The highest BCUT2D eigenvalue weighted by atomic mass is 16.5. The highest BCUT2D eigenvalue weighted by molar-refractivity contribution is 6.07. The largest absolute Gasteiger partial charge is 0.497 e. The van der Waals surface area contributed by atoms with Gasteiger partial charge in [0, 0.05) is 24.5 Å². The maximum atomic E-state index is 12.2. The lowest BCUT2D eigenvalue weighted by Crippen LogP contribution is -2.37. The summed E-state index contributed by atoms with van der Waals surface area (Å²) in [7, 11) is 3.34. The van der Waals surface area contributed by atoms with Crippen molar-refractivity contribution in [2.24, 2.45) is 7.05 Å². The van der Waals surface area contributed by atoms with Gasteiger partial charge in [-0.15, -0.1) is 0 Å². The molecule has 1 aromatic heterocycles. The molecule has 2 heterocycles. The van der Waals surface area contributed by atoms with Crippen LogP contribution in [0.1, 0.15) is 11.3 Å². The molecule has 5 nitrogen and oxygen atoms in total. The maximum absolute atomic E-state index is 12.2. The molecule has 2 aromatic rings. The third-order valence-corrected chi connectivity index (χ3v) is 3.51. The molecular formula is C14H14N2O3. The Morgan fingerprint density at radius 3 is 2.79 bits per heavy atom. The lowest BCUT2D eigenvalue weighted by Gasteiger charge is -2.22. The number of aromatic nitrogens is 1. The number of hydrogen-bond acceptors (Lipinski definition) is 3. The van der Waals surface area contributed by atoms with Crippen molar-refractivity contribution in [3.8, 4) is 5.75 Å². The van der Waals surface area contributed by atoms with Crippen molar-refractivity contribution in [1.29, 1.82) is 0 Å². The van der Waals surface area contributed by atoms with Crippen LogP contribution in [0.15, 0.2) is 36.5 Å². The van der Waals surface area contributed by atoms with Crippen LogP contribution < -0.4 is 10.1 Å². The summed E-state index contributed by atoms with van der Waals surface area (Å²) >= 11 is 0. The number of hydrogen-bond donors (Lipinski definition) is 2. The number of amides is 1. The standard InChI is InChI=1S/C14H14N2O3/c1-16-7-3-4-12(16)14(18)10-8-9(19-2)5-6-11(10)15-13(14)17/h3-8,18H,1-2H3,(H,15,17)/t14-/m0/s1. The molecular weight excluding hydrogens is 244 g/mol. The number of rotatable bonds is 2. The van der Waals surface area contributed by atoms with E-state index < -0.39 is 11.5 Å². The van der Waals surface area contributed by atoms with Crippen LogP contribution in [0.5, 0.6) is 5.75 Å². The summed E-state index contributed by atoms with van der Waals surface area (Å²) in [4.78, 5) is 12.2. The Morgan fingerprint density at radius 2 is 2.16 bits per heavy atom. The van der Waals surface area contributed by atoms with Crippen LogP contribution in [-0.2, 0) is 17.4 Å². The van der Waals surface area contributed by atoms with Gasteiger partial charge in [0.15, 0.2) is 0 Å². The number of nitrogens with zero attached hydrogens (tertiary/aromatic N) is 1. The summed E-state index contributed by atoms with van der Waals surface area (Å²) in [5, 5.41) is 13.6. The fourth-order valence-electron chi connectivity index (χ4n) is 2.49. The Kier molecular flexibility index (Phi) is 2.40. The van der Waals surface area contributed by atoms with Crippen LogP contribution >= 0.6 is 0 Å². The zero-order valence-electron chi connectivity index (χ0n) is 10.7. The summed E-state index contributed by atoms with van der Waals surface area (Å²) in [5.74, 6) is 0.153. The van der Waals surface area contributed by atoms with Crippen molar-refractivity contribution in [3.63, 3.8) is 0 Å². The number of aliphatic hydroxyl groups is 1. The van der Waals surface area contributed by atoms with Crippen LogP contribution in [0.2, 0.25) is 0 Å². The maximum Gasteiger partial charge on any atom is 0.267 e. The Bertz CT molecular complexity index is 662. The molecule has 0 unspecified atom stereocenters. The van der Waals surface area contributed by atoms with Crippen molar-refractivity contribution in [2.45, 2.75) is 5.60 Å². The first-order chi connectivity index (χ1) is 9.07. The first-order valence-electron chi connectivity index (χ1n) is 5.91. The second-order valence-corrected chi connectivity index (χ2v) is 4.58. The second-order valence-electron chi connectivity index (χ2n) is 4.58. The lowest BCUT2D eigenvalue weighted by molar-refractivity contribution is -0.130. The number of carbonyl (C=O) groups is 1. The molecule has 0 fully saturated rings. The molecule has 0 bridgehead atoms. The number of nitrogens with one attached hydrogen (secondary N) is 1. The molecule has 0 saturated heterocycles. The van der Waals surface area contributed by atoms with Gasteiger partial charge in [0.05, 0.1) is 12.8 Å². The Morgan fingerprint density at radius 1 is 1.37 bits per heavy atom. The highest BCUT2D eigenvalue weighted by Crippen LogP contribution is 2.42. The van der Waals surface area contributed by atoms with Gasteiger partial charge in [-0.3, -0.25) is 4.79 Å². The van der Waals surface area contributed by atoms with Crippen molar-refractivity contribution in [1.82, 2.24) is 4.57 Å². The minimum absolute atomic E-state index is 0.447. The van der Waals surface area contributed by atoms with E-state index in [0.29, 0.717) is 22.7 Å². The minimum atomic E-state index is -1.68. The van der Waals surface area contributed by atoms with E-state index in [9.17, 15) is 9.90 Å². The molecule has 0 spiro atoms. The van der Waals surface area contributed by atoms with Gasteiger partial charge in [0.1, 0.15) is 5.75 Å². The predicted molar refractivity (Wildman–Crippen MR) is 70.0 cm³/mol. The third kappa shape index (κ3) is 1.48. The normalized spacial score (nSPS) is 21.1. The number of carbonyl (C=O) groups excluding carboxylic acids is 1. The van der Waals surface area contributed by atoms with Crippen LogP contribution in [-0.4, -0.2) is 22.7 Å². The van der Waals surface area contributed by atoms with Crippen LogP contribution in [0, 0.1) is 0 Å². The SMILES string of the molecule is COc1ccc2c(c1)[C@](O)(c1cccn1C)C(=O)N2. The topological polar surface area (TPSA) is 63.5 Å².